The summed E-state index contributed by atoms with van der Waals surface area (Å²) < 4.78 is 34.0. The molecule has 2 saturated heterocycles. The fourth-order valence-corrected chi connectivity index (χ4v) is 6.87. The lowest BCUT2D eigenvalue weighted by Gasteiger charge is -2.42. The van der Waals surface area contributed by atoms with Crippen molar-refractivity contribution in [3.8, 4) is 0 Å². The topological polar surface area (TPSA) is 214 Å². The van der Waals surface area contributed by atoms with Gasteiger partial charge in [0.2, 0.25) is 0 Å². The van der Waals surface area contributed by atoms with Crippen molar-refractivity contribution in [1.29, 1.82) is 0 Å². The second-order valence-corrected chi connectivity index (χ2v) is 15.5. The average Bonchev–Trinajstić information content (AvgIpc) is 3.19. The van der Waals surface area contributed by atoms with Gasteiger partial charge >= 0.3 is 5.97 Å². The number of carbonyl (C=O) groups is 1. The summed E-state index contributed by atoms with van der Waals surface area (Å²) in [6.45, 7) is 3.61. The maximum absolute atomic E-state index is 12.8. The predicted octanol–water partition coefficient (Wildman–Crippen LogP) is 4.34. The van der Waals surface area contributed by atoms with Gasteiger partial charge in [-0.15, -0.1) is 0 Å². The Kier molecular flexibility index (Phi) is 28.7. The molecule has 0 radical (unpaired) electrons. The van der Waals surface area contributed by atoms with Crippen molar-refractivity contribution in [2.75, 3.05) is 33.0 Å². The highest BCUT2D eigenvalue weighted by Crippen LogP contribution is 2.26. The molecular weight excluding hydrogens is 728 g/mol. The van der Waals surface area contributed by atoms with Crippen LogP contribution < -0.4 is 0 Å². The number of aliphatic hydroxyl groups is 7. The standard InChI is InChI=1S/C42H78O14/c1-3-5-7-9-11-13-14-15-16-17-18-20-22-24-26-51-28-31(54-34(44)25-23-21-19-12-10-8-6-4-2)29-52-41-40(50)38(48)36(46)33(56-41)30-53-42-39(49)37(47)35(45)32(27-43)55-42/h13-14,31-33,35-43,45-50H,3-12,15-30H2,1-2H3/b14-13-. The maximum atomic E-state index is 12.8. The molecule has 0 aromatic carbocycles. The lowest BCUT2D eigenvalue weighted by molar-refractivity contribution is -0.332. The highest BCUT2D eigenvalue weighted by atomic mass is 16.7. The summed E-state index contributed by atoms with van der Waals surface area (Å²) >= 11 is 0. The molecule has 56 heavy (non-hydrogen) atoms. The number of hydrogen-bond donors (Lipinski definition) is 7. The molecule has 14 heteroatoms. The summed E-state index contributed by atoms with van der Waals surface area (Å²) in [7, 11) is 0. The van der Waals surface area contributed by atoms with Crippen molar-refractivity contribution in [1.82, 2.24) is 0 Å². The summed E-state index contributed by atoms with van der Waals surface area (Å²) in [5.41, 5.74) is 0. The van der Waals surface area contributed by atoms with E-state index in [2.05, 4.69) is 26.0 Å². The Hall–Kier alpha value is -1.27. The third-order valence-electron chi connectivity index (χ3n) is 10.5. The van der Waals surface area contributed by atoms with E-state index in [1.54, 1.807) is 0 Å². The first-order valence-electron chi connectivity index (χ1n) is 21.8. The lowest BCUT2D eigenvalue weighted by Crippen LogP contribution is -2.61. The van der Waals surface area contributed by atoms with Crippen LogP contribution in [0.15, 0.2) is 12.2 Å². The van der Waals surface area contributed by atoms with E-state index in [4.69, 9.17) is 28.4 Å². The first kappa shape index (κ1) is 50.9. The molecule has 7 N–H and O–H groups in total. The van der Waals surface area contributed by atoms with Gasteiger partial charge in [-0.2, -0.15) is 0 Å². The van der Waals surface area contributed by atoms with Crippen molar-refractivity contribution in [2.45, 2.75) is 216 Å². The minimum Gasteiger partial charge on any atom is -0.457 e. The molecule has 0 aliphatic carbocycles. The van der Waals surface area contributed by atoms with E-state index in [0.717, 1.165) is 44.9 Å². The van der Waals surface area contributed by atoms with Crippen molar-refractivity contribution in [3.63, 3.8) is 0 Å². The number of allylic oxidation sites excluding steroid dienone is 2. The molecule has 2 aliphatic heterocycles. The minimum absolute atomic E-state index is 0.0611. The number of ether oxygens (including phenoxy) is 6. The fourth-order valence-electron chi connectivity index (χ4n) is 6.87. The number of aliphatic hydroxyl groups excluding tert-OH is 7. The molecule has 0 amide bonds. The van der Waals surface area contributed by atoms with E-state index in [-0.39, 0.29) is 25.6 Å². The molecule has 2 aliphatic rings. The summed E-state index contributed by atoms with van der Waals surface area (Å²) in [5, 5.41) is 71.7. The van der Waals surface area contributed by atoms with E-state index < -0.39 is 80.7 Å². The van der Waals surface area contributed by atoms with E-state index in [0.29, 0.717) is 13.0 Å². The van der Waals surface area contributed by atoms with E-state index in [1.165, 1.54) is 77.0 Å². The Balaban J connectivity index is 1.82. The van der Waals surface area contributed by atoms with Gasteiger partial charge in [-0.25, -0.2) is 0 Å². The Bertz CT molecular complexity index is 985. The second kappa shape index (κ2) is 31.6. The zero-order chi connectivity index (χ0) is 41.0. The van der Waals surface area contributed by atoms with Crippen LogP contribution in [0, 0.1) is 0 Å². The van der Waals surface area contributed by atoms with Gasteiger partial charge in [-0.1, -0.05) is 116 Å². The van der Waals surface area contributed by atoms with Gasteiger partial charge in [-0.05, 0) is 38.5 Å². The zero-order valence-corrected chi connectivity index (χ0v) is 34.4. The molecule has 0 bridgehead atoms. The Morgan fingerprint density at radius 1 is 0.571 bits per heavy atom. The van der Waals surface area contributed by atoms with E-state index >= 15 is 0 Å². The number of esters is 1. The molecule has 0 saturated carbocycles. The Morgan fingerprint density at radius 2 is 1.05 bits per heavy atom. The molecule has 0 aromatic heterocycles. The van der Waals surface area contributed by atoms with Gasteiger partial charge in [0.1, 0.15) is 54.9 Å². The Morgan fingerprint density at radius 3 is 1.64 bits per heavy atom. The van der Waals surface area contributed by atoms with Crippen LogP contribution in [0.5, 0.6) is 0 Å². The minimum atomic E-state index is -1.70. The number of rotatable bonds is 33. The van der Waals surface area contributed by atoms with Crippen molar-refractivity contribution >= 4 is 5.97 Å². The zero-order valence-electron chi connectivity index (χ0n) is 34.4. The third kappa shape index (κ3) is 20.6. The predicted molar refractivity (Wildman–Crippen MR) is 210 cm³/mol. The smallest absolute Gasteiger partial charge is 0.306 e. The largest absolute Gasteiger partial charge is 0.457 e. The summed E-state index contributed by atoms with van der Waals surface area (Å²) in [6, 6.07) is 0. The highest BCUT2D eigenvalue weighted by Gasteiger charge is 2.47. The molecule has 330 valence electrons. The average molecular weight is 807 g/mol. The molecule has 2 fully saturated rings. The first-order valence-corrected chi connectivity index (χ1v) is 21.8. The van der Waals surface area contributed by atoms with Crippen LogP contribution >= 0.6 is 0 Å². The monoisotopic (exact) mass is 807 g/mol. The van der Waals surface area contributed by atoms with Crippen LogP contribution in [0.2, 0.25) is 0 Å². The first-order chi connectivity index (χ1) is 27.1. The summed E-state index contributed by atoms with van der Waals surface area (Å²) in [4.78, 5) is 12.8. The second-order valence-electron chi connectivity index (χ2n) is 15.5. The quantitative estimate of drug-likeness (QED) is 0.0279. The van der Waals surface area contributed by atoms with E-state index in [9.17, 15) is 40.5 Å². The van der Waals surface area contributed by atoms with Crippen LogP contribution in [0.1, 0.15) is 149 Å². The number of hydrogen-bond acceptors (Lipinski definition) is 14. The lowest BCUT2D eigenvalue weighted by atomic mass is 9.98. The van der Waals surface area contributed by atoms with E-state index in [1.807, 2.05) is 0 Å². The molecule has 11 unspecified atom stereocenters. The molecule has 2 heterocycles. The SMILES string of the molecule is CCCCCC/C=C\CCCCCCCCOCC(COC1OC(COC2OC(CO)C(O)C(O)C2O)C(O)C(O)C1O)OC(=O)CCCCCCCCCC. The van der Waals surface area contributed by atoms with Crippen LogP contribution in [-0.4, -0.2) is 142 Å². The molecule has 0 spiro atoms. The molecular formula is C42H78O14. The van der Waals surface area contributed by atoms with Crippen molar-refractivity contribution < 1.29 is 69.0 Å². The molecule has 11 atom stereocenters. The van der Waals surface area contributed by atoms with Crippen molar-refractivity contribution in [3.05, 3.63) is 12.2 Å². The molecule has 14 nitrogen and oxygen atoms in total. The van der Waals surface area contributed by atoms with Gasteiger partial charge in [0, 0.05) is 13.0 Å². The maximum Gasteiger partial charge on any atom is 0.306 e. The van der Waals surface area contributed by atoms with Crippen LogP contribution in [0.3, 0.4) is 0 Å². The normalized spacial score (nSPS) is 28.9. The van der Waals surface area contributed by atoms with Gasteiger partial charge in [-0.3, -0.25) is 4.79 Å². The van der Waals surface area contributed by atoms with Crippen LogP contribution in [0.4, 0.5) is 0 Å². The van der Waals surface area contributed by atoms with Crippen LogP contribution in [-0.2, 0) is 33.2 Å². The molecule has 2 rings (SSSR count). The highest BCUT2D eigenvalue weighted by molar-refractivity contribution is 5.69. The van der Waals surface area contributed by atoms with Gasteiger partial charge in [0.05, 0.1) is 26.4 Å². The molecule has 0 aromatic rings. The van der Waals surface area contributed by atoms with Gasteiger partial charge in [0.15, 0.2) is 12.6 Å². The summed E-state index contributed by atoms with van der Waals surface area (Å²) in [5.74, 6) is -0.383. The fraction of sp³-hybridized carbons (Fsp3) is 0.929. The number of carbonyl (C=O) groups excluding carboxylic acids is 1. The van der Waals surface area contributed by atoms with Crippen LogP contribution in [0.25, 0.3) is 0 Å². The van der Waals surface area contributed by atoms with Crippen molar-refractivity contribution in [2.24, 2.45) is 0 Å². The number of unbranched alkanes of at least 4 members (excludes halogenated alkanes) is 17. The van der Waals surface area contributed by atoms with Gasteiger partial charge in [0.25, 0.3) is 0 Å². The van der Waals surface area contributed by atoms with Gasteiger partial charge < -0.3 is 64.2 Å². The summed E-state index contributed by atoms with van der Waals surface area (Å²) in [6.07, 6.45) is 11.6. The Labute approximate surface area is 335 Å². The third-order valence-corrected chi connectivity index (χ3v) is 10.5.